The average molecular weight is 389 g/mol. The number of benzene rings is 1. The van der Waals surface area contributed by atoms with Crippen molar-refractivity contribution in [3.63, 3.8) is 0 Å². The van der Waals surface area contributed by atoms with Crippen molar-refractivity contribution in [2.75, 3.05) is 13.1 Å². The second kappa shape index (κ2) is 7.75. The number of nitriles is 1. The van der Waals surface area contributed by atoms with Crippen LogP contribution < -0.4 is 5.32 Å². The maximum atomic E-state index is 13.2. The Hall–Kier alpha value is -1.94. The second-order valence-electron chi connectivity index (χ2n) is 6.88. The highest BCUT2D eigenvalue weighted by atomic mass is 35.5. The highest BCUT2D eigenvalue weighted by molar-refractivity contribution is 7.09. The molecule has 0 radical (unpaired) electrons. The number of aromatic nitrogens is 1. The molecule has 1 aliphatic carbocycles. The van der Waals surface area contributed by atoms with Crippen molar-refractivity contribution in [2.24, 2.45) is 5.41 Å². The van der Waals surface area contributed by atoms with Crippen molar-refractivity contribution in [3.8, 4) is 6.07 Å². The van der Waals surface area contributed by atoms with Crippen molar-refractivity contribution >= 4 is 29.7 Å². The molecule has 1 aromatic heterocycles. The fourth-order valence-electron chi connectivity index (χ4n) is 3.88. The number of hydrogen-bond acceptors (Lipinski definition) is 5. The lowest BCUT2D eigenvalue weighted by atomic mass is 9.93. The number of nitrogens with one attached hydrogen (secondary N) is 1. The molecule has 1 amide bonds. The molecular weight excluding hydrogens is 368 g/mol. The minimum Gasteiger partial charge on any atom is -0.328 e. The lowest BCUT2D eigenvalue weighted by molar-refractivity contribution is 0.0692. The van der Waals surface area contributed by atoms with E-state index in [-0.39, 0.29) is 23.7 Å². The zero-order valence-electron chi connectivity index (χ0n) is 14.4. The summed E-state index contributed by atoms with van der Waals surface area (Å²) in [5.74, 6) is 0.0418. The zero-order valence-corrected chi connectivity index (χ0v) is 16.0. The van der Waals surface area contributed by atoms with Gasteiger partial charge in [-0.1, -0.05) is 0 Å². The summed E-state index contributed by atoms with van der Waals surface area (Å²) in [4.78, 5) is 19.6. The van der Waals surface area contributed by atoms with Crippen LogP contribution in [0.4, 0.5) is 0 Å². The van der Waals surface area contributed by atoms with Gasteiger partial charge in [-0.3, -0.25) is 4.79 Å². The van der Waals surface area contributed by atoms with E-state index in [1.54, 1.807) is 41.8 Å². The van der Waals surface area contributed by atoms with Gasteiger partial charge in [0.1, 0.15) is 5.01 Å². The number of nitrogens with zero attached hydrogens (tertiary/aromatic N) is 3. The Labute approximate surface area is 163 Å². The standard InChI is InChI=1S/C19H20N4OS.ClH/c20-12-14-1-3-15(4-2-14)18(24)23(13-17-22-9-10-25-17)16-11-19(16)5-7-21-8-6-19;/h1-4,9-10,16,21H,5-8,11,13H2;1H. The number of amides is 1. The van der Waals surface area contributed by atoms with Crippen molar-refractivity contribution < 1.29 is 4.79 Å². The molecule has 1 N–H and O–H groups in total. The van der Waals surface area contributed by atoms with E-state index in [0.717, 1.165) is 37.4 Å². The van der Waals surface area contributed by atoms with Gasteiger partial charge in [-0.05, 0) is 62.0 Å². The number of carbonyl (C=O) groups is 1. The van der Waals surface area contributed by atoms with E-state index in [9.17, 15) is 4.79 Å². The van der Waals surface area contributed by atoms with Gasteiger partial charge in [-0.2, -0.15) is 5.26 Å². The Morgan fingerprint density at radius 3 is 2.69 bits per heavy atom. The van der Waals surface area contributed by atoms with Gasteiger partial charge in [-0.25, -0.2) is 4.98 Å². The summed E-state index contributed by atoms with van der Waals surface area (Å²) in [6, 6.07) is 9.33. The highest BCUT2D eigenvalue weighted by Crippen LogP contribution is 2.56. The van der Waals surface area contributed by atoms with E-state index < -0.39 is 0 Å². The molecule has 7 heteroatoms. The maximum absolute atomic E-state index is 13.2. The van der Waals surface area contributed by atoms with E-state index in [1.165, 1.54) is 0 Å². The summed E-state index contributed by atoms with van der Waals surface area (Å²) in [7, 11) is 0. The number of halogens is 1. The van der Waals surface area contributed by atoms with Crippen molar-refractivity contribution in [3.05, 3.63) is 52.0 Å². The minimum atomic E-state index is 0. The van der Waals surface area contributed by atoms with E-state index in [0.29, 0.717) is 23.7 Å². The van der Waals surface area contributed by atoms with Crippen LogP contribution in [-0.4, -0.2) is 34.9 Å². The molecule has 4 rings (SSSR count). The Morgan fingerprint density at radius 1 is 1.35 bits per heavy atom. The van der Waals surface area contributed by atoms with Gasteiger partial charge in [-0.15, -0.1) is 23.7 Å². The van der Waals surface area contributed by atoms with E-state index in [4.69, 9.17) is 5.26 Å². The number of piperidine rings is 1. The normalized spacial score (nSPS) is 20.0. The maximum Gasteiger partial charge on any atom is 0.254 e. The molecule has 136 valence electrons. The molecule has 1 aromatic carbocycles. The molecule has 1 spiro atoms. The van der Waals surface area contributed by atoms with Crippen LogP contribution in [0.25, 0.3) is 0 Å². The molecule has 1 saturated heterocycles. The molecule has 1 saturated carbocycles. The van der Waals surface area contributed by atoms with Crippen LogP contribution in [0.3, 0.4) is 0 Å². The third kappa shape index (κ3) is 3.61. The Bertz CT molecular complexity index is 794. The molecular formula is C19H21ClN4OS. The number of hydrogen-bond donors (Lipinski definition) is 1. The number of rotatable bonds is 4. The fraction of sp³-hybridized carbons (Fsp3) is 0.421. The second-order valence-corrected chi connectivity index (χ2v) is 7.86. The lowest BCUT2D eigenvalue weighted by Gasteiger charge is -2.29. The van der Waals surface area contributed by atoms with Crippen LogP contribution in [0.15, 0.2) is 35.8 Å². The highest BCUT2D eigenvalue weighted by Gasteiger charge is 2.57. The van der Waals surface area contributed by atoms with Crippen LogP contribution in [-0.2, 0) is 6.54 Å². The van der Waals surface area contributed by atoms with Gasteiger partial charge in [0, 0.05) is 23.2 Å². The first kappa shape index (κ1) is 18.8. The molecule has 2 aromatic rings. The molecule has 1 atom stereocenters. The smallest absolute Gasteiger partial charge is 0.254 e. The predicted octanol–water partition coefficient (Wildman–Crippen LogP) is 3.22. The van der Waals surface area contributed by atoms with Crippen LogP contribution in [0.1, 0.15) is 40.2 Å². The van der Waals surface area contributed by atoms with Gasteiger partial charge in [0.15, 0.2) is 0 Å². The summed E-state index contributed by atoms with van der Waals surface area (Å²) < 4.78 is 0. The third-order valence-corrected chi connectivity index (χ3v) is 6.20. The zero-order chi connectivity index (χ0) is 17.3. The topological polar surface area (TPSA) is 69.0 Å². The van der Waals surface area contributed by atoms with Gasteiger partial charge < -0.3 is 10.2 Å². The summed E-state index contributed by atoms with van der Waals surface area (Å²) >= 11 is 1.59. The Kier molecular flexibility index (Phi) is 5.61. The molecule has 5 nitrogen and oxygen atoms in total. The van der Waals surface area contributed by atoms with Crippen LogP contribution in [0.2, 0.25) is 0 Å². The van der Waals surface area contributed by atoms with Gasteiger partial charge in [0.25, 0.3) is 5.91 Å². The van der Waals surface area contributed by atoms with Crippen LogP contribution >= 0.6 is 23.7 Å². The van der Waals surface area contributed by atoms with E-state index >= 15 is 0 Å². The third-order valence-electron chi connectivity index (χ3n) is 5.43. The molecule has 2 fully saturated rings. The SMILES string of the molecule is Cl.N#Cc1ccc(C(=O)N(Cc2nccs2)C2CC23CCNCC3)cc1. The first-order valence-electron chi connectivity index (χ1n) is 8.62. The van der Waals surface area contributed by atoms with Crippen molar-refractivity contribution in [1.82, 2.24) is 15.2 Å². The van der Waals surface area contributed by atoms with Gasteiger partial charge in [0.2, 0.25) is 0 Å². The molecule has 2 aliphatic rings. The van der Waals surface area contributed by atoms with E-state index in [2.05, 4.69) is 16.4 Å². The Balaban J connectivity index is 0.00000196. The molecule has 1 unspecified atom stereocenters. The van der Waals surface area contributed by atoms with Gasteiger partial charge >= 0.3 is 0 Å². The van der Waals surface area contributed by atoms with Crippen LogP contribution in [0, 0.1) is 16.7 Å². The minimum absolute atomic E-state index is 0. The molecule has 2 heterocycles. The lowest BCUT2D eigenvalue weighted by Crippen LogP contribution is -2.39. The summed E-state index contributed by atoms with van der Waals surface area (Å²) in [6.07, 6.45) is 5.14. The molecule has 26 heavy (non-hydrogen) atoms. The average Bonchev–Trinajstić information content (AvgIpc) is 3.08. The van der Waals surface area contributed by atoms with Crippen LogP contribution in [0.5, 0.6) is 0 Å². The summed E-state index contributed by atoms with van der Waals surface area (Å²) in [5.41, 5.74) is 1.50. The first-order valence-corrected chi connectivity index (χ1v) is 9.50. The number of thiazole rings is 1. The number of carbonyl (C=O) groups excluding carboxylic acids is 1. The van der Waals surface area contributed by atoms with E-state index in [1.807, 2.05) is 10.3 Å². The largest absolute Gasteiger partial charge is 0.328 e. The predicted molar refractivity (Wildman–Crippen MR) is 103 cm³/mol. The summed E-state index contributed by atoms with van der Waals surface area (Å²) in [6.45, 7) is 2.63. The van der Waals surface area contributed by atoms with Gasteiger partial charge in [0.05, 0.1) is 18.2 Å². The van der Waals surface area contributed by atoms with Crippen molar-refractivity contribution in [1.29, 1.82) is 5.26 Å². The monoisotopic (exact) mass is 388 g/mol. The quantitative estimate of drug-likeness (QED) is 0.873. The molecule has 1 aliphatic heterocycles. The first-order chi connectivity index (χ1) is 12.2. The van der Waals surface area contributed by atoms with Crippen molar-refractivity contribution in [2.45, 2.75) is 31.8 Å². The fourth-order valence-corrected chi connectivity index (χ4v) is 4.50. The summed E-state index contributed by atoms with van der Waals surface area (Å²) in [5, 5.41) is 15.3. The molecule has 0 bridgehead atoms. The Morgan fingerprint density at radius 2 is 2.08 bits per heavy atom.